The molecule has 0 bridgehead atoms. The zero-order valence-corrected chi connectivity index (χ0v) is 38.1. The summed E-state index contributed by atoms with van der Waals surface area (Å²) < 4.78 is 16.8. The first-order valence-corrected chi connectivity index (χ1v) is 24.9. The van der Waals surface area contributed by atoms with Crippen molar-refractivity contribution in [3.8, 4) is 0 Å². The average molecular weight is 793 g/mol. The second-order valence-corrected chi connectivity index (χ2v) is 17.3. The van der Waals surface area contributed by atoms with E-state index in [1.54, 1.807) is 0 Å². The molecule has 0 radical (unpaired) electrons. The molecule has 0 aromatic rings. The van der Waals surface area contributed by atoms with Crippen LogP contribution in [0.25, 0.3) is 0 Å². The van der Waals surface area contributed by atoms with Crippen molar-refractivity contribution in [3.63, 3.8) is 0 Å². The van der Waals surface area contributed by atoms with Crippen molar-refractivity contribution < 1.29 is 28.6 Å². The van der Waals surface area contributed by atoms with Crippen LogP contribution in [0.3, 0.4) is 0 Å². The Morgan fingerprint density at radius 2 is 0.625 bits per heavy atom. The number of rotatable bonds is 45. The summed E-state index contributed by atoms with van der Waals surface area (Å²) in [6.07, 6.45) is 45.0. The predicted octanol–water partition coefficient (Wildman–Crippen LogP) is 15.9. The second kappa shape index (κ2) is 44.5. The smallest absolute Gasteiger partial charge is 0.306 e. The Balaban J connectivity index is 4.32. The van der Waals surface area contributed by atoms with Crippen molar-refractivity contribution >= 4 is 17.9 Å². The molecule has 56 heavy (non-hydrogen) atoms. The zero-order chi connectivity index (χ0) is 41.0. The third-order valence-corrected chi connectivity index (χ3v) is 11.7. The van der Waals surface area contributed by atoms with Crippen molar-refractivity contribution in [3.05, 3.63) is 0 Å². The van der Waals surface area contributed by atoms with Crippen LogP contribution in [0.15, 0.2) is 0 Å². The second-order valence-electron chi connectivity index (χ2n) is 17.3. The fourth-order valence-corrected chi connectivity index (χ4v) is 7.48. The molecule has 0 saturated carbocycles. The largest absolute Gasteiger partial charge is 0.462 e. The van der Waals surface area contributed by atoms with E-state index in [1.165, 1.54) is 173 Å². The molecule has 0 aliphatic carbocycles. The van der Waals surface area contributed by atoms with Crippen LogP contribution in [0.4, 0.5) is 0 Å². The van der Waals surface area contributed by atoms with Gasteiger partial charge in [0.2, 0.25) is 0 Å². The number of carbonyl (C=O) groups excluding carboxylic acids is 3. The van der Waals surface area contributed by atoms with Gasteiger partial charge in [-0.2, -0.15) is 0 Å². The van der Waals surface area contributed by atoms with Crippen LogP contribution in [0.5, 0.6) is 0 Å². The summed E-state index contributed by atoms with van der Waals surface area (Å²) in [6.45, 7) is 9.03. The van der Waals surface area contributed by atoms with E-state index in [9.17, 15) is 14.4 Å². The molecule has 0 aliphatic rings. The topological polar surface area (TPSA) is 78.9 Å². The van der Waals surface area contributed by atoms with E-state index in [0.29, 0.717) is 19.3 Å². The monoisotopic (exact) mass is 793 g/mol. The summed E-state index contributed by atoms with van der Waals surface area (Å²) in [4.78, 5) is 37.8. The fourth-order valence-electron chi connectivity index (χ4n) is 7.48. The maximum atomic E-state index is 12.7. The summed E-state index contributed by atoms with van der Waals surface area (Å²) in [5, 5.41) is 0. The van der Waals surface area contributed by atoms with Crippen LogP contribution >= 0.6 is 0 Å². The molecular weight excluding hydrogens is 697 g/mol. The van der Waals surface area contributed by atoms with E-state index in [2.05, 4.69) is 27.7 Å². The molecule has 0 amide bonds. The highest BCUT2D eigenvalue weighted by molar-refractivity contribution is 5.71. The van der Waals surface area contributed by atoms with Gasteiger partial charge in [0, 0.05) is 19.3 Å². The minimum absolute atomic E-state index is 0.0631. The van der Waals surface area contributed by atoms with E-state index in [4.69, 9.17) is 14.2 Å². The SMILES string of the molecule is CCCCCCCCCCCCCCC(=O)OC[C@H](COC(=O)CCCCCCCCCCCCC(C)CC)OC(=O)CCCCCCCCCCCCCC. The third kappa shape index (κ3) is 42.0. The first-order chi connectivity index (χ1) is 27.4. The highest BCUT2D eigenvalue weighted by Gasteiger charge is 2.19. The third-order valence-electron chi connectivity index (χ3n) is 11.7. The molecule has 0 N–H and O–H groups in total. The highest BCUT2D eigenvalue weighted by atomic mass is 16.6. The molecule has 0 fully saturated rings. The number of unbranched alkanes of at least 4 members (excludes halogenated alkanes) is 31. The number of hydrogen-bond donors (Lipinski definition) is 0. The molecule has 0 rings (SSSR count). The molecule has 0 heterocycles. The molecule has 332 valence electrons. The maximum absolute atomic E-state index is 12.7. The molecule has 0 saturated heterocycles. The summed E-state index contributed by atoms with van der Waals surface area (Å²) in [5.74, 6) is 0.0221. The van der Waals surface area contributed by atoms with E-state index < -0.39 is 6.10 Å². The summed E-state index contributed by atoms with van der Waals surface area (Å²) in [6, 6.07) is 0. The van der Waals surface area contributed by atoms with Crippen LogP contribution < -0.4 is 0 Å². The Hall–Kier alpha value is -1.59. The molecule has 0 aliphatic heterocycles. The van der Waals surface area contributed by atoms with Gasteiger partial charge in [0.15, 0.2) is 6.10 Å². The normalized spacial score (nSPS) is 12.4. The average Bonchev–Trinajstić information content (AvgIpc) is 3.19. The number of carbonyl (C=O) groups is 3. The van der Waals surface area contributed by atoms with Gasteiger partial charge in [-0.05, 0) is 25.2 Å². The molecule has 6 heteroatoms. The van der Waals surface area contributed by atoms with Gasteiger partial charge >= 0.3 is 17.9 Å². The Bertz CT molecular complexity index is 843. The number of ether oxygens (including phenoxy) is 3. The van der Waals surface area contributed by atoms with Crippen molar-refractivity contribution in [1.29, 1.82) is 0 Å². The Kier molecular flexibility index (Phi) is 43.2. The molecule has 6 nitrogen and oxygen atoms in total. The van der Waals surface area contributed by atoms with E-state index in [1.807, 2.05) is 0 Å². The van der Waals surface area contributed by atoms with Crippen LogP contribution in [-0.4, -0.2) is 37.2 Å². The van der Waals surface area contributed by atoms with Crippen molar-refractivity contribution in [2.75, 3.05) is 13.2 Å². The van der Waals surface area contributed by atoms with Crippen molar-refractivity contribution in [2.45, 2.75) is 284 Å². The van der Waals surface area contributed by atoms with Crippen LogP contribution in [-0.2, 0) is 28.6 Å². The molecule has 1 unspecified atom stereocenters. The molecular formula is C50H96O6. The van der Waals surface area contributed by atoms with Gasteiger partial charge in [0.05, 0.1) is 0 Å². The van der Waals surface area contributed by atoms with Crippen molar-refractivity contribution in [1.82, 2.24) is 0 Å². The fraction of sp³-hybridized carbons (Fsp3) is 0.940. The van der Waals surface area contributed by atoms with Gasteiger partial charge in [-0.25, -0.2) is 0 Å². The lowest BCUT2D eigenvalue weighted by Gasteiger charge is -2.18. The Morgan fingerprint density at radius 1 is 0.357 bits per heavy atom. The maximum Gasteiger partial charge on any atom is 0.306 e. The Morgan fingerprint density at radius 3 is 0.929 bits per heavy atom. The summed E-state index contributed by atoms with van der Waals surface area (Å²) in [7, 11) is 0. The minimum atomic E-state index is -0.759. The summed E-state index contributed by atoms with van der Waals surface area (Å²) in [5.41, 5.74) is 0. The summed E-state index contributed by atoms with van der Waals surface area (Å²) >= 11 is 0. The highest BCUT2D eigenvalue weighted by Crippen LogP contribution is 2.17. The van der Waals surface area contributed by atoms with Crippen LogP contribution in [0, 0.1) is 5.92 Å². The van der Waals surface area contributed by atoms with Gasteiger partial charge < -0.3 is 14.2 Å². The standard InChI is InChI=1S/C50H96O6/c1-5-8-10-12-14-16-18-20-25-29-33-37-41-48(51)54-44-47(56-50(53)43-39-35-31-27-21-19-17-15-13-11-9-6-2)45-55-49(52)42-38-34-30-26-23-22-24-28-32-36-40-46(4)7-3/h46-47H,5-45H2,1-4H3/t46?,47-/m1/s1. The van der Waals surface area contributed by atoms with Crippen molar-refractivity contribution in [2.24, 2.45) is 5.92 Å². The quantitative estimate of drug-likeness (QED) is 0.0347. The predicted molar refractivity (Wildman–Crippen MR) is 238 cm³/mol. The van der Waals surface area contributed by atoms with Gasteiger partial charge in [-0.1, -0.05) is 240 Å². The van der Waals surface area contributed by atoms with Crippen LogP contribution in [0.2, 0.25) is 0 Å². The van der Waals surface area contributed by atoms with Gasteiger partial charge in [0.1, 0.15) is 13.2 Å². The van der Waals surface area contributed by atoms with E-state index in [0.717, 1.165) is 63.7 Å². The lowest BCUT2D eigenvalue weighted by atomic mass is 9.99. The molecule has 2 atom stereocenters. The molecule has 0 aromatic carbocycles. The molecule has 0 aromatic heterocycles. The first kappa shape index (κ1) is 54.4. The molecule has 0 spiro atoms. The number of esters is 3. The zero-order valence-electron chi connectivity index (χ0n) is 38.1. The van der Waals surface area contributed by atoms with E-state index >= 15 is 0 Å². The van der Waals surface area contributed by atoms with Gasteiger partial charge in [0.25, 0.3) is 0 Å². The lowest BCUT2D eigenvalue weighted by Crippen LogP contribution is -2.30. The van der Waals surface area contributed by atoms with E-state index in [-0.39, 0.29) is 31.1 Å². The van der Waals surface area contributed by atoms with Gasteiger partial charge in [-0.3, -0.25) is 14.4 Å². The Labute approximate surface area is 348 Å². The number of hydrogen-bond acceptors (Lipinski definition) is 6. The lowest BCUT2D eigenvalue weighted by molar-refractivity contribution is -0.167. The first-order valence-electron chi connectivity index (χ1n) is 24.9. The van der Waals surface area contributed by atoms with Gasteiger partial charge in [-0.15, -0.1) is 0 Å². The minimum Gasteiger partial charge on any atom is -0.462 e. The van der Waals surface area contributed by atoms with Crippen LogP contribution in [0.1, 0.15) is 278 Å².